The highest BCUT2D eigenvalue weighted by Crippen LogP contribution is 2.34. The van der Waals surface area contributed by atoms with Crippen molar-refractivity contribution in [1.82, 2.24) is 19.2 Å². The summed E-state index contributed by atoms with van der Waals surface area (Å²) in [6.45, 7) is 1.25. The fourth-order valence-corrected chi connectivity index (χ4v) is 5.38. The van der Waals surface area contributed by atoms with Gasteiger partial charge in [-0.1, -0.05) is 0 Å². The number of aromatic nitrogens is 2. The van der Waals surface area contributed by atoms with Crippen LogP contribution in [0, 0.1) is 10.1 Å². The number of sulfonamides is 1. The molecule has 0 saturated carbocycles. The van der Waals surface area contributed by atoms with Crippen LogP contribution in [0.25, 0.3) is 0 Å². The summed E-state index contributed by atoms with van der Waals surface area (Å²) in [6.07, 6.45) is 3.37. The summed E-state index contributed by atoms with van der Waals surface area (Å²) in [4.78, 5) is 14.5. The van der Waals surface area contributed by atoms with Crippen molar-refractivity contribution in [3.63, 3.8) is 0 Å². The fraction of sp³-hybridized carbons (Fsp3) is 0.417. The molecule has 1 N–H and O–H groups in total. The topological polar surface area (TPSA) is 110 Å². The van der Waals surface area contributed by atoms with Crippen LogP contribution in [0.4, 0.5) is 5.00 Å². The molecule has 124 valence electrons. The number of thiophene rings is 1. The van der Waals surface area contributed by atoms with Crippen molar-refractivity contribution in [2.45, 2.75) is 10.3 Å². The Balaban J connectivity index is 1.98. The molecule has 11 heteroatoms. The van der Waals surface area contributed by atoms with Gasteiger partial charge in [-0.25, -0.2) is 13.4 Å². The molecule has 0 spiro atoms. The minimum atomic E-state index is -3.81. The van der Waals surface area contributed by atoms with Crippen LogP contribution in [0.5, 0.6) is 0 Å². The molecule has 0 aliphatic carbocycles. The Bertz CT molecular complexity index is 828. The summed E-state index contributed by atoms with van der Waals surface area (Å²) < 4.78 is 28.9. The SMILES string of the molecule is Cn1ccnc1C1CNCCN1S(=O)(=O)c1ccc([N+](=O)[O-])s1. The second-order valence-electron chi connectivity index (χ2n) is 5.08. The van der Waals surface area contributed by atoms with E-state index in [4.69, 9.17) is 0 Å². The predicted octanol–water partition coefficient (Wildman–Crippen LogP) is 0.725. The molecular formula is C12H15N5O4S2. The van der Waals surface area contributed by atoms with E-state index in [0.29, 0.717) is 30.3 Å². The number of aryl methyl sites for hydroxylation is 1. The Morgan fingerprint density at radius 2 is 2.26 bits per heavy atom. The third-order valence-electron chi connectivity index (χ3n) is 3.66. The van der Waals surface area contributed by atoms with E-state index in [-0.39, 0.29) is 15.8 Å². The maximum atomic E-state index is 12.9. The summed E-state index contributed by atoms with van der Waals surface area (Å²) >= 11 is 0.669. The standard InChI is InChI=1S/C12H15N5O4S2/c1-15-6-5-14-12(15)9-8-13-4-7-16(9)23(20,21)11-3-2-10(22-11)17(18)19/h2-3,5-6,9,13H,4,7-8H2,1H3. The Kier molecular flexibility index (Phi) is 4.19. The molecule has 0 bridgehead atoms. The van der Waals surface area contributed by atoms with Crippen molar-refractivity contribution in [3.05, 3.63) is 40.5 Å². The van der Waals surface area contributed by atoms with Crippen molar-refractivity contribution < 1.29 is 13.3 Å². The number of hydrogen-bond acceptors (Lipinski definition) is 7. The molecule has 2 aromatic rings. The Morgan fingerprint density at radius 1 is 1.48 bits per heavy atom. The van der Waals surface area contributed by atoms with Gasteiger partial charge < -0.3 is 9.88 Å². The number of imidazole rings is 1. The maximum Gasteiger partial charge on any atom is 0.325 e. The van der Waals surface area contributed by atoms with E-state index in [9.17, 15) is 18.5 Å². The molecule has 2 aromatic heterocycles. The van der Waals surface area contributed by atoms with E-state index in [1.165, 1.54) is 16.4 Å². The molecule has 1 aliphatic heterocycles. The van der Waals surface area contributed by atoms with Gasteiger partial charge in [-0.05, 0) is 17.4 Å². The molecule has 23 heavy (non-hydrogen) atoms. The van der Waals surface area contributed by atoms with E-state index >= 15 is 0 Å². The first-order chi connectivity index (χ1) is 10.9. The summed E-state index contributed by atoms with van der Waals surface area (Å²) in [7, 11) is -2.01. The van der Waals surface area contributed by atoms with Gasteiger partial charge in [0, 0.05) is 45.1 Å². The number of rotatable bonds is 4. The molecule has 0 amide bonds. The zero-order chi connectivity index (χ0) is 16.6. The minimum absolute atomic E-state index is 0.0229. The molecule has 1 saturated heterocycles. The number of hydrogen-bond donors (Lipinski definition) is 1. The zero-order valence-electron chi connectivity index (χ0n) is 12.2. The average molecular weight is 357 g/mol. The normalized spacial score (nSPS) is 19.8. The van der Waals surface area contributed by atoms with Crippen LogP contribution >= 0.6 is 11.3 Å². The van der Waals surface area contributed by atoms with Crippen LogP contribution in [0.2, 0.25) is 0 Å². The van der Waals surface area contributed by atoms with E-state index in [1.807, 2.05) is 0 Å². The lowest BCUT2D eigenvalue weighted by atomic mass is 10.2. The quantitative estimate of drug-likeness (QED) is 0.638. The molecule has 1 atom stereocenters. The number of nitro groups is 1. The van der Waals surface area contributed by atoms with Gasteiger partial charge in [0.2, 0.25) is 0 Å². The summed E-state index contributed by atoms with van der Waals surface area (Å²) in [5, 5.41) is 13.8. The molecule has 3 heterocycles. The summed E-state index contributed by atoms with van der Waals surface area (Å²) in [5.41, 5.74) is 0. The molecule has 0 aromatic carbocycles. The first kappa shape index (κ1) is 16.1. The van der Waals surface area contributed by atoms with Gasteiger partial charge in [0.05, 0.1) is 11.0 Å². The second-order valence-corrected chi connectivity index (χ2v) is 8.26. The minimum Gasteiger partial charge on any atom is -0.337 e. The fourth-order valence-electron chi connectivity index (χ4n) is 2.55. The molecule has 3 rings (SSSR count). The summed E-state index contributed by atoms with van der Waals surface area (Å²) in [6, 6.07) is 2.06. The predicted molar refractivity (Wildman–Crippen MR) is 83.7 cm³/mol. The molecule has 1 unspecified atom stereocenters. The van der Waals surface area contributed by atoms with Gasteiger partial charge >= 0.3 is 5.00 Å². The van der Waals surface area contributed by atoms with Crippen LogP contribution < -0.4 is 5.32 Å². The van der Waals surface area contributed by atoms with Crippen LogP contribution in [0.3, 0.4) is 0 Å². The lowest BCUT2D eigenvalue weighted by molar-refractivity contribution is -0.380. The van der Waals surface area contributed by atoms with E-state index in [1.54, 1.807) is 24.0 Å². The van der Waals surface area contributed by atoms with Crippen LogP contribution in [-0.2, 0) is 17.1 Å². The molecule has 9 nitrogen and oxygen atoms in total. The number of nitrogens with one attached hydrogen (secondary N) is 1. The highest BCUT2D eigenvalue weighted by molar-refractivity contribution is 7.91. The van der Waals surface area contributed by atoms with Gasteiger partial charge in [-0.15, -0.1) is 0 Å². The largest absolute Gasteiger partial charge is 0.337 e. The van der Waals surface area contributed by atoms with Gasteiger partial charge in [0.25, 0.3) is 10.0 Å². The van der Waals surface area contributed by atoms with Crippen molar-refractivity contribution >= 4 is 26.4 Å². The Morgan fingerprint density at radius 3 is 2.87 bits per heavy atom. The lowest BCUT2D eigenvalue weighted by Crippen LogP contribution is -2.49. The number of nitrogens with zero attached hydrogens (tertiary/aromatic N) is 4. The molecule has 1 fully saturated rings. The second kappa shape index (κ2) is 6.00. The van der Waals surface area contributed by atoms with Crippen molar-refractivity contribution in [2.24, 2.45) is 7.05 Å². The van der Waals surface area contributed by atoms with Gasteiger partial charge in [-0.2, -0.15) is 4.31 Å². The van der Waals surface area contributed by atoms with E-state index in [0.717, 1.165) is 0 Å². The maximum absolute atomic E-state index is 12.9. The number of piperazine rings is 1. The van der Waals surface area contributed by atoms with Gasteiger partial charge in [0.1, 0.15) is 10.0 Å². The Labute approximate surface area is 136 Å². The molecule has 0 radical (unpaired) electrons. The monoisotopic (exact) mass is 357 g/mol. The van der Waals surface area contributed by atoms with Crippen molar-refractivity contribution in [3.8, 4) is 0 Å². The van der Waals surface area contributed by atoms with E-state index in [2.05, 4.69) is 10.3 Å². The van der Waals surface area contributed by atoms with Crippen LogP contribution in [0.15, 0.2) is 28.7 Å². The molecular weight excluding hydrogens is 342 g/mol. The van der Waals surface area contributed by atoms with Gasteiger partial charge in [0.15, 0.2) is 0 Å². The lowest BCUT2D eigenvalue weighted by Gasteiger charge is -2.34. The van der Waals surface area contributed by atoms with Crippen molar-refractivity contribution in [2.75, 3.05) is 19.6 Å². The third-order valence-corrected chi connectivity index (χ3v) is 7.07. The summed E-state index contributed by atoms with van der Waals surface area (Å²) in [5.74, 6) is 0.631. The third kappa shape index (κ3) is 2.87. The van der Waals surface area contributed by atoms with Gasteiger partial charge in [-0.3, -0.25) is 10.1 Å². The highest BCUT2D eigenvalue weighted by Gasteiger charge is 2.37. The van der Waals surface area contributed by atoms with E-state index < -0.39 is 21.0 Å². The average Bonchev–Trinajstić information content (AvgIpc) is 3.16. The van der Waals surface area contributed by atoms with Crippen LogP contribution in [0.1, 0.15) is 11.9 Å². The molecule has 1 aliphatic rings. The Hall–Kier alpha value is -1.82. The smallest absolute Gasteiger partial charge is 0.325 e. The highest BCUT2D eigenvalue weighted by atomic mass is 32.2. The van der Waals surface area contributed by atoms with Crippen LogP contribution in [-0.4, -0.2) is 46.8 Å². The first-order valence-corrected chi connectivity index (χ1v) is 9.11. The zero-order valence-corrected chi connectivity index (χ0v) is 13.9. The first-order valence-electron chi connectivity index (χ1n) is 6.85. The van der Waals surface area contributed by atoms with Crippen molar-refractivity contribution in [1.29, 1.82) is 0 Å².